The molecule has 0 rings (SSSR count). The fraction of sp³-hybridized carbons (Fsp3) is 0.857. The molecule has 170 valence electrons. The summed E-state index contributed by atoms with van der Waals surface area (Å²) in [5.41, 5.74) is 4.53. The third-order valence-electron chi connectivity index (χ3n) is 5.50. The van der Waals surface area contributed by atoms with Crippen LogP contribution in [0, 0.1) is 17.4 Å². The molecule has 0 aromatic carbocycles. The fourth-order valence-corrected chi connectivity index (χ4v) is 11.1. The monoisotopic (exact) mass is 462 g/mol. The van der Waals surface area contributed by atoms with Crippen molar-refractivity contribution in [3.63, 3.8) is 0 Å². The minimum atomic E-state index is -3.42. The first kappa shape index (κ1) is 28.8. The second-order valence-electron chi connectivity index (χ2n) is 9.76. The van der Waals surface area contributed by atoms with Crippen LogP contribution < -0.4 is 0 Å². The maximum atomic E-state index is 13.0. The summed E-state index contributed by atoms with van der Waals surface area (Å²) in [6, 6.07) is 0. The van der Waals surface area contributed by atoms with Crippen molar-refractivity contribution < 1.29 is 22.8 Å². The third kappa shape index (κ3) is 8.08. The molecule has 0 aromatic rings. The molecule has 0 aliphatic heterocycles. The Kier molecular flexibility index (Phi) is 11.3. The average Bonchev–Trinajstić information content (AvgIpc) is 2.59. The summed E-state index contributed by atoms with van der Waals surface area (Å²) in [6.07, 6.45) is -0.787. The first-order chi connectivity index (χ1) is 13.1. The molecular weight excluding hydrogens is 419 g/mol. The van der Waals surface area contributed by atoms with Gasteiger partial charge in [-0.1, -0.05) is 74.0 Å². The maximum absolute atomic E-state index is 13.0. The number of hydrogen-bond donors (Lipinski definition) is 0. The molecule has 0 amide bonds. The summed E-state index contributed by atoms with van der Waals surface area (Å²) in [6.45, 7) is 21.6. The van der Waals surface area contributed by atoms with Gasteiger partial charge in [0.05, 0.1) is 5.92 Å². The van der Waals surface area contributed by atoms with Gasteiger partial charge in [0.2, 0.25) is 8.32 Å². The molecule has 0 aromatic heterocycles. The number of ketones is 1. The van der Waals surface area contributed by atoms with Crippen molar-refractivity contribution >= 4 is 29.8 Å². The summed E-state index contributed by atoms with van der Waals surface area (Å²) in [5.74, 6) is 2.60. The lowest BCUT2D eigenvalue weighted by Gasteiger charge is -2.44. The second kappa shape index (κ2) is 11.4. The van der Waals surface area contributed by atoms with Gasteiger partial charge in [0, 0.05) is 14.2 Å². The zero-order valence-corrected chi connectivity index (χ0v) is 23.5. The summed E-state index contributed by atoms with van der Waals surface area (Å²) >= 11 is 0. The van der Waals surface area contributed by atoms with E-state index in [9.17, 15) is 9.36 Å². The van der Waals surface area contributed by atoms with Gasteiger partial charge < -0.3 is 13.5 Å². The minimum absolute atomic E-state index is 0.203. The van der Waals surface area contributed by atoms with Crippen LogP contribution in [-0.2, 0) is 22.8 Å². The Morgan fingerprint density at radius 1 is 0.897 bits per heavy atom. The molecule has 29 heavy (non-hydrogen) atoms. The topological polar surface area (TPSA) is 61.8 Å². The van der Waals surface area contributed by atoms with Crippen molar-refractivity contribution in [1.29, 1.82) is 0 Å². The molecule has 0 saturated carbocycles. The predicted octanol–water partition coefficient (Wildman–Crippen LogP) is 6.12. The van der Waals surface area contributed by atoms with Crippen molar-refractivity contribution in [2.75, 3.05) is 20.4 Å². The lowest BCUT2D eigenvalue weighted by atomic mass is 10.0. The highest BCUT2D eigenvalue weighted by Gasteiger charge is 2.48. The number of rotatable bonds is 11. The van der Waals surface area contributed by atoms with E-state index in [0.717, 1.165) is 0 Å². The van der Waals surface area contributed by atoms with E-state index in [1.54, 1.807) is 0 Å². The zero-order valence-electron chi connectivity index (χ0n) is 20.6. The fourth-order valence-electron chi connectivity index (χ4n) is 3.88. The largest absolute Gasteiger partial charge is 0.402 e. The van der Waals surface area contributed by atoms with E-state index in [1.165, 1.54) is 14.2 Å². The van der Waals surface area contributed by atoms with Crippen LogP contribution in [0.3, 0.4) is 0 Å². The highest BCUT2D eigenvalue weighted by atomic mass is 31.2. The van der Waals surface area contributed by atoms with Crippen LogP contribution in [0.15, 0.2) is 0 Å². The van der Waals surface area contributed by atoms with Crippen LogP contribution in [0.25, 0.3) is 0 Å². The first-order valence-electron chi connectivity index (χ1n) is 10.5. The lowest BCUT2D eigenvalue weighted by molar-refractivity contribution is -0.122. The van der Waals surface area contributed by atoms with Crippen LogP contribution in [0.4, 0.5) is 0 Å². The Morgan fingerprint density at radius 2 is 1.31 bits per heavy atom. The predicted molar refractivity (Wildman–Crippen MR) is 128 cm³/mol. The molecule has 0 bridgehead atoms. The molecule has 0 spiro atoms. The van der Waals surface area contributed by atoms with Gasteiger partial charge in [0.15, 0.2) is 5.78 Å². The molecule has 2 atom stereocenters. The summed E-state index contributed by atoms with van der Waals surface area (Å²) in [7, 11) is -4.72. The van der Waals surface area contributed by atoms with Gasteiger partial charge in [-0.25, -0.2) is 0 Å². The average molecular weight is 463 g/mol. The highest BCUT2D eigenvalue weighted by Crippen LogP contribution is 2.47. The first-order valence-corrected chi connectivity index (χ1v) is 17.9. The van der Waals surface area contributed by atoms with Gasteiger partial charge in [0.1, 0.15) is 20.3 Å². The van der Waals surface area contributed by atoms with Crippen molar-refractivity contribution in [3.05, 3.63) is 0 Å². The molecule has 5 nitrogen and oxygen atoms in total. The summed E-state index contributed by atoms with van der Waals surface area (Å²) < 4.78 is 29.3. The van der Waals surface area contributed by atoms with Crippen LogP contribution in [0.2, 0.25) is 36.3 Å². The van der Waals surface area contributed by atoms with Crippen LogP contribution in [0.1, 0.15) is 48.5 Å². The van der Waals surface area contributed by atoms with E-state index in [1.807, 2.05) is 6.92 Å². The van der Waals surface area contributed by atoms with E-state index in [2.05, 4.69) is 72.6 Å². The zero-order chi connectivity index (χ0) is 23.2. The van der Waals surface area contributed by atoms with Crippen LogP contribution >= 0.6 is 7.60 Å². The van der Waals surface area contributed by atoms with E-state index < -0.39 is 36.0 Å². The SMILES string of the molecule is COP(=O)(CC(=O)[C@@H](C)[C@H](C#C[Si](C)(C)C)O[Si](C(C)C)(C(C)C)C(C)C)OC. The van der Waals surface area contributed by atoms with Crippen molar-refractivity contribution in [1.82, 2.24) is 0 Å². The molecule has 0 aliphatic carbocycles. The molecule has 0 heterocycles. The Morgan fingerprint density at radius 3 is 1.62 bits per heavy atom. The molecule has 0 unspecified atom stereocenters. The van der Waals surface area contributed by atoms with Crippen LogP contribution in [0.5, 0.6) is 0 Å². The Hall–Kier alpha value is -0.226. The van der Waals surface area contributed by atoms with Gasteiger partial charge in [-0.2, -0.15) is 0 Å². The van der Waals surface area contributed by atoms with Gasteiger partial charge in [-0.05, 0) is 16.6 Å². The van der Waals surface area contributed by atoms with Crippen molar-refractivity contribution in [2.45, 2.75) is 90.8 Å². The van der Waals surface area contributed by atoms with E-state index in [-0.39, 0.29) is 11.9 Å². The molecule has 0 aliphatic rings. The van der Waals surface area contributed by atoms with Crippen LogP contribution in [-0.4, -0.2) is 48.7 Å². The molecule has 0 N–H and O–H groups in total. The number of Topliss-reactive ketones (excluding diaryl/α,β-unsaturated/α-hetero) is 1. The number of carbonyl (C=O) groups excluding carboxylic acids is 1. The maximum Gasteiger partial charge on any atom is 0.337 e. The van der Waals surface area contributed by atoms with Crippen molar-refractivity contribution in [2.24, 2.45) is 5.92 Å². The van der Waals surface area contributed by atoms with Gasteiger partial charge in [0.25, 0.3) is 0 Å². The van der Waals surface area contributed by atoms with Gasteiger partial charge in [-0.3, -0.25) is 9.36 Å². The summed E-state index contributed by atoms with van der Waals surface area (Å²) in [4.78, 5) is 13.0. The highest BCUT2D eigenvalue weighted by molar-refractivity contribution is 7.54. The van der Waals surface area contributed by atoms with Gasteiger partial charge >= 0.3 is 7.60 Å². The molecule has 8 heteroatoms. The van der Waals surface area contributed by atoms with E-state index in [4.69, 9.17) is 13.5 Å². The van der Waals surface area contributed by atoms with Gasteiger partial charge in [-0.15, -0.1) is 5.54 Å². The quantitative estimate of drug-likeness (QED) is 0.210. The molecular formula is C21H43O5PSi2. The molecule has 0 fully saturated rings. The van der Waals surface area contributed by atoms with E-state index >= 15 is 0 Å². The number of carbonyl (C=O) groups is 1. The number of hydrogen-bond acceptors (Lipinski definition) is 5. The lowest BCUT2D eigenvalue weighted by Crippen LogP contribution is -2.52. The Labute approximate surface area is 181 Å². The third-order valence-corrected chi connectivity index (χ3v) is 14.3. The van der Waals surface area contributed by atoms with Crippen molar-refractivity contribution in [3.8, 4) is 11.5 Å². The Bertz CT molecular complexity index is 614. The standard InChI is InChI=1S/C21H43O5PSi2/c1-16(2)29(17(3)4,18(5)6)26-21(13-14-28(10,11)12)19(7)20(22)15-27(23,24-8)25-9/h16-19,21H,15H2,1-12H3/t19-,21+/m1/s1. The molecule has 0 radical (unpaired) electrons. The summed E-state index contributed by atoms with van der Waals surface area (Å²) in [5, 5.41) is 0. The Balaban J connectivity index is 6.13. The smallest absolute Gasteiger partial charge is 0.337 e. The molecule has 0 saturated heterocycles. The van der Waals surface area contributed by atoms with E-state index in [0.29, 0.717) is 16.6 Å². The normalized spacial score (nSPS) is 15.4. The minimum Gasteiger partial charge on any atom is -0.402 e. The second-order valence-corrected chi connectivity index (χ2v) is 22.2.